The predicted molar refractivity (Wildman–Crippen MR) is 131 cm³/mol. The number of fused-ring (bicyclic) bond motifs is 2. The highest BCUT2D eigenvalue weighted by Crippen LogP contribution is 2.39. The number of aromatic nitrogens is 1. The Bertz CT molecular complexity index is 1550. The molecule has 1 aromatic heterocycles. The maximum absolute atomic E-state index is 13.6. The van der Waals surface area contributed by atoms with Gasteiger partial charge in [0.2, 0.25) is 0 Å². The average Bonchev–Trinajstić information content (AvgIpc) is 3.46. The van der Waals surface area contributed by atoms with E-state index in [0.29, 0.717) is 52.6 Å². The van der Waals surface area contributed by atoms with Gasteiger partial charge in [0, 0.05) is 29.2 Å². The Morgan fingerprint density at radius 3 is 2.63 bits per heavy atom. The number of sulfonamides is 1. The lowest BCUT2D eigenvalue weighted by atomic mass is 10.0. The number of hydrogen-bond acceptors (Lipinski definition) is 5. The second kappa shape index (κ2) is 8.02. The van der Waals surface area contributed by atoms with E-state index in [1.807, 2.05) is 6.07 Å². The van der Waals surface area contributed by atoms with Crippen LogP contribution in [0.3, 0.4) is 0 Å². The van der Waals surface area contributed by atoms with Crippen LogP contribution in [0, 0.1) is 13.8 Å². The average molecular weight is 494 g/mol. The van der Waals surface area contributed by atoms with Crippen molar-refractivity contribution in [1.29, 1.82) is 0 Å². The van der Waals surface area contributed by atoms with E-state index >= 15 is 0 Å². The van der Waals surface area contributed by atoms with Gasteiger partial charge in [0.25, 0.3) is 15.9 Å². The van der Waals surface area contributed by atoms with Gasteiger partial charge in [-0.2, -0.15) is 0 Å². The van der Waals surface area contributed by atoms with Gasteiger partial charge in [0.1, 0.15) is 5.75 Å². The first-order chi connectivity index (χ1) is 16.6. The number of nitrogens with zero attached hydrogens (tertiary/aromatic N) is 1. The molecule has 0 radical (unpaired) electrons. The molecule has 180 valence electrons. The third-order valence-electron chi connectivity index (χ3n) is 6.48. The van der Waals surface area contributed by atoms with Crippen LogP contribution in [-0.2, 0) is 21.2 Å². The van der Waals surface area contributed by atoms with Crippen LogP contribution in [-0.4, -0.2) is 44.0 Å². The highest BCUT2D eigenvalue weighted by molar-refractivity contribution is 7.92. The number of amides is 1. The molecule has 0 aliphatic carbocycles. The smallest absolute Gasteiger partial charge is 0.337 e. The molecule has 0 bridgehead atoms. The Balaban J connectivity index is 1.56. The van der Waals surface area contributed by atoms with Crippen molar-refractivity contribution in [2.24, 2.45) is 0 Å². The summed E-state index contributed by atoms with van der Waals surface area (Å²) in [5.74, 6) is -0.786. The number of rotatable bonds is 5. The van der Waals surface area contributed by atoms with Crippen molar-refractivity contribution >= 4 is 44.9 Å². The molecule has 0 saturated heterocycles. The van der Waals surface area contributed by atoms with Gasteiger partial charge in [0.05, 0.1) is 28.8 Å². The molecule has 0 atom stereocenters. The Labute approximate surface area is 202 Å². The van der Waals surface area contributed by atoms with E-state index in [2.05, 4.69) is 10.3 Å². The number of aromatic amines is 1. The maximum Gasteiger partial charge on any atom is 0.337 e. The Morgan fingerprint density at radius 2 is 1.94 bits per heavy atom. The number of ether oxygens (including phenoxy) is 1. The van der Waals surface area contributed by atoms with Crippen molar-refractivity contribution < 1.29 is 27.9 Å². The van der Waals surface area contributed by atoms with Crippen LogP contribution in [0.25, 0.3) is 11.6 Å². The van der Waals surface area contributed by atoms with Crippen molar-refractivity contribution in [3.05, 3.63) is 70.0 Å². The molecule has 9 nitrogen and oxygen atoms in total. The molecular formula is C25H23N3O6S. The number of carbonyl (C=O) groups is 2. The summed E-state index contributed by atoms with van der Waals surface area (Å²) < 4.78 is 33.8. The fourth-order valence-corrected chi connectivity index (χ4v) is 6.24. The van der Waals surface area contributed by atoms with E-state index in [4.69, 9.17) is 4.74 Å². The van der Waals surface area contributed by atoms with Gasteiger partial charge in [-0.15, -0.1) is 0 Å². The van der Waals surface area contributed by atoms with Gasteiger partial charge in [-0.1, -0.05) is 0 Å². The van der Waals surface area contributed by atoms with Crippen molar-refractivity contribution in [2.75, 3.05) is 23.3 Å². The predicted octanol–water partition coefficient (Wildman–Crippen LogP) is 3.58. The minimum absolute atomic E-state index is 0.0629. The molecule has 3 aromatic rings. The van der Waals surface area contributed by atoms with Crippen LogP contribution in [0.2, 0.25) is 0 Å². The zero-order chi connectivity index (χ0) is 25.1. The third kappa shape index (κ3) is 3.57. The molecule has 0 unspecified atom stereocenters. The standard InChI is InChI=1S/C25H23N3O6S/c1-13-21(26-14(2)23(13)25(30)31)12-19-18-11-17(5-6-20(18)27-24(19)29)35(32,33)28-9-8-15-10-16(34-3)4-7-22(15)28/h4-7,10-12,26H,8-9H2,1-3H3,(H,27,29)(H,30,31)/b19-12-. The van der Waals surface area contributed by atoms with Crippen molar-refractivity contribution in [1.82, 2.24) is 4.98 Å². The minimum atomic E-state index is -3.89. The first-order valence-electron chi connectivity index (χ1n) is 10.9. The van der Waals surface area contributed by atoms with E-state index in [0.717, 1.165) is 5.56 Å². The van der Waals surface area contributed by atoms with Crippen LogP contribution in [0.15, 0.2) is 41.3 Å². The fraction of sp³-hybridized carbons (Fsp3) is 0.200. The number of benzene rings is 2. The van der Waals surface area contributed by atoms with E-state index < -0.39 is 21.9 Å². The molecule has 2 aliphatic heterocycles. The van der Waals surface area contributed by atoms with Crippen LogP contribution in [0.4, 0.5) is 11.4 Å². The van der Waals surface area contributed by atoms with Gasteiger partial charge in [0.15, 0.2) is 0 Å². The SMILES string of the molecule is COc1ccc2c(c1)CCN2S(=O)(=O)c1ccc2c(c1)/C(=C/c1[nH]c(C)c(C(=O)O)c1C)C(=O)N2. The van der Waals surface area contributed by atoms with E-state index in [1.165, 1.54) is 16.4 Å². The number of carboxylic acid groups (broad SMARTS) is 1. The molecule has 3 N–H and O–H groups in total. The number of aromatic carboxylic acids is 1. The van der Waals surface area contributed by atoms with E-state index in [1.54, 1.807) is 45.2 Å². The molecule has 0 spiro atoms. The largest absolute Gasteiger partial charge is 0.497 e. The zero-order valence-electron chi connectivity index (χ0n) is 19.3. The summed E-state index contributed by atoms with van der Waals surface area (Å²) in [4.78, 5) is 27.4. The molecule has 1 amide bonds. The fourth-order valence-electron chi connectivity index (χ4n) is 4.71. The highest BCUT2D eigenvalue weighted by atomic mass is 32.2. The van der Waals surface area contributed by atoms with Gasteiger partial charge in [-0.05, 0) is 73.9 Å². The van der Waals surface area contributed by atoms with Crippen LogP contribution < -0.4 is 14.4 Å². The zero-order valence-corrected chi connectivity index (χ0v) is 20.1. The number of hydrogen-bond donors (Lipinski definition) is 3. The van der Waals surface area contributed by atoms with Gasteiger partial charge in [-0.25, -0.2) is 13.2 Å². The molecule has 2 aromatic carbocycles. The maximum atomic E-state index is 13.6. The summed E-state index contributed by atoms with van der Waals surface area (Å²) in [6.07, 6.45) is 2.13. The molecule has 0 saturated carbocycles. The van der Waals surface area contributed by atoms with Crippen molar-refractivity contribution in [2.45, 2.75) is 25.2 Å². The summed E-state index contributed by atoms with van der Waals surface area (Å²) >= 11 is 0. The number of nitrogens with one attached hydrogen (secondary N) is 2. The van der Waals surface area contributed by atoms with Crippen molar-refractivity contribution in [3.8, 4) is 5.75 Å². The number of carboxylic acids is 1. The Hall–Kier alpha value is -4.05. The van der Waals surface area contributed by atoms with E-state index in [9.17, 15) is 23.1 Å². The molecule has 3 heterocycles. The van der Waals surface area contributed by atoms with Crippen LogP contribution in [0.5, 0.6) is 5.75 Å². The Morgan fingerprint density at radius 1 is 1.17 bits per heavy atom. The highest BCUT2D eigenvalue weighted by Gasteiger charge is 2.33. The summed E-state index contributed by atoms with van der Waals surface area (Å²) in [5, 5.41) is 12.2. The monoisotopic (exact) mass is 493 g/mol. The first kappa shape index (κ1) is 22.7. The van der Waals surface area contributed by atoms with Gasteiger partial charge < -0.3 is 20.1 Å². The number of carbonyl (C=O) groups excluding carboxylic acids is 1. The molecule has 35 heavy (non-hydrogen) atoms. The van der Waals surface area contributed by atoms with Crippen LogP contribution in [0.1, 0.15) is 38.4 Å². The quantitative estimate of drug-likeness (QED) is 0.466. The second-order valence-corrected chi connectivity index (χ2v) is 10.4. The molecule has 5 rings (SSSR count). The number of anilines is 2. The van der Waals surface area contributed by atoms with Gasteiger partial charge >= 0.3 is 5.97 Å². The van der Waals surface area contributed by atoms with Gasteiger partial charge in [-0.3, -0.25) is 9.10 Å². The summed E-state index contributed by atoms with van der Waals surface area (Å²) in [6.45, 7) is 3.61. The lowest BCUT2D eigenvalue weighted by Crippen LogP contribution is -2.29. The number of H-pyrrole nitrogens is 1. The lowest BCUT2D eigenvalue weighted by molar-refractivity contribution is -0.110. The summed E-state index contributed by atoms with van der Waals surface area (Å²) in [7, 11) is -2.32. The summed E-state index contributed by atoms with van der Waals surface area (Å²) in [5.41, 5.74) is 4.28. The normalized spacial score (nSPS) is 15.8. The molecule has 10 heteroatoms. The van der Waals surface area contributed by atoms with Crippen LogP contribution >= 0.6 is 0 Å². The lowest BCUT2D eigenvalue weighted by Gasteiger charge is -2.20. The second-order valence-electron chi connectivity index (χ2n) is 8.51. The molecule has 2 aliphatic rings. The Kier molecular flexibility index (Phi) is 5.21. The van der Waals surface area contributed by atoms with Crippen molar-refractivity contribution in [3.63, 3.8) is 0 Å². The number of methoxy groups -OCH3 is 1. The number of aryl methyl sites for hydroxylation is 1. The minimum Gasteiger partial charge on any atom is -0.497 e. The van der Waals surface area contributed by atoms with E-state index in [-0.39, 0.29) is 16.0 Å². The topological polar surface area (TPSA) is 129 Å². The first-order valence-corrected chi connectivity index (χ1v) is 12.4. The molecular weight excluding hydrogens is 470 g/mol. The summed E-state index contributed by atoms with van der Waals surface area (Å²) in [6, 6.07) is 9.83. The third-order valence-corrected chi connectivity index (χ3v) is 8.29. The molecule has 0 fully saturated rings.